The second kappa shape index (κ2) is 8.90. The van der Waals surface area contributed by atoms with Gasteiger partial charge in [0.1, 0.15) is 17.6 Å². The first-order valence-electron chi connectivity index (χ1n) is 12.6. The summed E-state index contributed by atoms with van der Waals surface area (Å²) in [7, 11) is 0. The Hall–Kier alpha value is -2.56. The molecule has 1 N–H and O–H groups in total. The van der Waals surface area contributed by atoms with Gasteiger partial charge in [-0.2, -0.15) is 0 Å². The largest absolute Gasteiger partial charge is 0.485 e. The fraction of sp³-hybridized carbons (Fsp3) is 0.586. The Bertz CT molecular complexity index is 1030. The molecule has 3 fully saturated rings. The minimum Gasteiger partial charge on any atom is -0.485 e. The van der Waals surface area contributed by atoms with Crippen molar-refractivity contribution in [3.63, 3.8) is 0 Å². The van der Waals surface area contributed by atoms with E-state index in [9.17, 15) is 9.59 Å². The molecule has 0 radical (unpaired) electrons. The van der Waals surface area contributed by atoms with Crippen molar-refractivity contribution in [1.29, 1.82) is 0 Å². The predicted octanol–water partition coefficient (Wildman–Crippen LogP) is 6.56. The van der Waals surface area contributed by atoms with Crippen molar-refractivity contribution in [3.05, 3.63) is 47.6 Å². The van der Waals surface area contributed by atoms with Gasteiger partial charge in [0.05, 0.1) is 0 Å². The number of carbonyl (C=O) groups excluding carboxylic acids is 1. The number of benzene rings is 1. The Morgan fingerprint density at radius 1 is 1.24 bits per heavy atom. The number of rotatable bonds is 9. The average Bonchev–Trinajstić information content (AvgIpc) is 3.15. The molecule has 3 saturated carbocycles. The second-order valence-electron chi connectivity index (χ2n) is 11.5. The summed E-state index contributed by atoms with van der Waals surface area (Å²) in [6, 6.07) is 4.12. The van der Waals surface area contributed by atoms with Gasteiger partial charge in [-0.1, -0.05) is 66.9 Å². The van der Waals surface area contributed by atoms with Gasteiger partial charge in [0.25, 0.3) is 0 Å². The van der Waals surface area contributed by atoms with E-state index in [2.05, 4.69) is 47.3 Å². The van der Waals surface area contributed by atoms with Crippen LogP contribution in [0.4, 0.5) is 0 Å². The minimum atomic E-state index is -1.18. The number of hydrogen-bond donors (Lipinski definition) is 1. The topological polar surface area (TPSA) is 72.8 Å². The molecule has 5 heteroatoms. The van der Waals surface area contributed by atoms with Crippen LogP contribution in [0, 0.1) is 17.3 Å². The molecule has 5 rings (SSSR count). The predicted molar refractivity (Wildman–Crippen MR) is 132 cm³/mol. The molecule has 0 saturated heterocycles. The maximum absolute atomic E-state index is 12.5. The molecule has 1 aliphatic heterocycles. The van der Waals surface area contributed by atoms with Crippen molar-refractivity contribution >= 4 is 11.9 Å². The molecular formula is C29H38O5. The van der Waals surface area contributed by atoms with Crippen molar-refractivity contribution in [2.24, 2.45) is 17.3 Å². The van der Waals surface area contributed by atoms with Crippen LogP contribution in [0.2, 0.25) is 0 Å². The summed E-state index contributed by atoms with van der Waals surface area (Å²) in [5.74, 6) is 0.376. The highest BCUT2D eigenvalue weighted by Crippen LogP contribution is 2.69. The molecule has 1 aromatic carbocycles. The summed E-state index contributed by atoms with van der Waals surface area (Å²) in [6.45, 7) is 15.6. The Balaban J connectivity index is 1.72. The van der Waals surface area contributed by atoms with E-state index in [-0.39, 0.29) is 22.9 Å². The zero-order valence-corrected chi connectivity index (χ0v) is 21.1. The van der Waals surface area contributed by atoms with Gasteiger partial charge in [-0.05, 0) is 58.8 Å². The van der Waals surface area contributed by atoms with Gasteiger partial charge in [0.2, 0.25) is 0 Å². The quantitative estimate of drug-likeness (QED) is 0.147. The highest BCUT2D eigenvalue weighted by Gasteiger charge is 2.63. The lowest BCUT2D eigenvalue weighted by Crippen LogP contribution is -2.57. The number of carbonyl (C=O) groups is 2. The average molecular weight is 467 g/mol. The normalized spacial score (nSPS) is 26.4. The van der Waals surface area contributed by atoms with E-state index in [4.69, 9.17) is 14.6 Å². The number of aliphatic carboxylic acids is 1. The van der Waals surface area contributed by atoms with Crippen LogP contribution in [-0.2, 0) is 15.0 Å². The molecule has 34 heavy (non-hydrogen) atoms. The van der Waals surface area contributed by atoms with E-state index < -0.39 is 11.9 Å². The van der Waals surface area contributed by atoms with E-state index in [1.807, 2.05) is 6.07 Å². The monoisotopic (exact) mass is 466 g/mol. The van der Waals surface area contributed by atoms with Crippen molar-refractivity contribution < 1.29 is 24.2 Å². The third-order valence-corrected chi connectivity index (χ3v) is 8.62. The number of hydrogen-bond acceptors (Lipinski definition) is 4. The molecule has 184 valence electrons. The van der Waals surface area contributed by atoms with Gasteiger partial charge < -0.3 is 14.6 Å². The highest BCUT2D eigenvalue weighted by atomic mass is 16.5. The van der Waals surface area contributed by atoms with E-state index in [1.54, 1.807) is 0 Å². The molecule has 4 atom stereocenters. The maximum Gasteiger partial charge on any atom is 0.336 e. The Morgan fingerprint density at radius 3 is 2.62 bits per heavy atom. The third-order valence-electron chi connectivity index (χ3n) is 8.62. The van der Waals surface area contributed by atoms with E-state index in [1.165, 1.54) is 19.3 Å². The molecule has 1 heterocycles. The number of unbranched alkanes of at least 4 members (excludes halogenated alkanes) is 3. The number of esters is 1. The number of ether oxygens (including phenoxy) is 2. The van der Waals surface area contributed by atoms with Gasteiger partial charge in [0.15, 0.2) is 0 Å². The summed E-state index contributed by atoms with van der Waals surface area (Å²) >= 11 is 0. The second-order valence-corrected chi connectivity index (χ2v) is 11.5. The lowest BCUT2D eigenvalue weighted by molar-refractivity contribution is -0.133. The van der Waals surface area contributed by atoms with Crippen LogP contribution in [-0.4, -0.2) is 23.1 Å². The molecule has 1 aromatic rings. The van der Waals surface area contributed by atoms with Crippen LogP contribution < -0.4 is 9.47 Å². The molecular weight excluding hydrogens is 428 g/mol. The maximum atomic E-state index is 12.5. The van der Waals surface area contributed by atoms with Crippen LogP contribution in [0.25, 0.3) is 0 Å². The summed E-state index contributed by atoms with van der Waals surface area (Å²) in [5, 5.41) is 8.91. The van der Waals surface area contributed by atoms with Gasteiger partial charge >= 0.3 is 11.9 Å². The third kappa shape index (κ3) is 4.18. The van der Waals surface area contributed by atoms with Crippen LogP contribution in [0.3, 0.4) is 0 Å². The van der Waals surface area contributed by atoms with Gasteiger partial charge in [0, 0.05) is 23.6 Å². The Morgan fingerprint density at radius 2 is 1.97 bits per heavy atom. The summed E-state index contributed by atoms with van der Waals surface area (Å²) in [6.07, 6.45) is 8.54. The van der Waals surface area contributed by atoms with Crippen LogP contribution in [0.1, 0.15) is 90.2 Å². The molecule has 5 nitrogen and oxygen atoms in total. The Labute approximate surface area is 203 Å². The molecule has 4 aliphatic rings. The van der Waals surface area contributed by atoms with E-state index in [0.717, 1.165) is 53.9 Å². The molecule has 0 amide bonds. The van der Waals surface area contributed by atoms with Crippen molar-refractivity contribution in [2.75, 3.05) is 0 Å². The zero-order valence-electron chi connectivity index (χ0n) is 21.1. The number of fused-ring (bicyclic) bond motifs is 1. The first-order chi connectivity index (χ1) is 16.0. The lowest BCUT2D eigenvalue weighted by Gasteiger charge is -2.61. The lowest BCUT2D eigenvalue weighted by atomic mass is 9.43. The van der Waals surface area contributed by atoms with Crippen molar-refractivity contribution in [3.8, 4) is 11.5 Å². The molecule has 0 spiro atoms. The molecule has 0 aromatic heterocycles. The highest BCUT2D eigenvalue weighted by molar-refractivity contribution is 5.92. The van der Waals surface area contributed by atoms with Crippen molar-refractivity contribution in [1.82, 2.24) is 0 Å². The van der Waals surface area contributed by atoms with Crippen LogP contribution in [0.15, 0.2) is 36.4 Å². The van der Waals surface area contributed by atoms with E-state index in [0.29, 0.717) is 17.6 Å². The standard InChI is InChI=1S/C29H38O5/c1-7-8-9-10-13-28(3,4)18-14-21(33-24(32)12-11-23(30)31)26-22(15-18)34-27-17(2)19-16-20(25(26)27)29(19,5)6/h11-12,14-15,19-20,25,27H,2,7-10,13,16H2,1,3-6H3,(H,30,31)/b12-11+/t19-,20+,25-,27-/m0/s1. The van der Waals surface area contributed by atoms with Crippen molar-refractivity contribution in [2.45, 2.75) is 90.6 Å². The fourth-order valence-electron chi connectivity index (χ4n) is 6.40. The first-order valence-corrected chi connectivity index (χ1v) is 12.6. The molecule has 2 bridgehead atoms. The van der Waals surface area contributed by atoms with Gasteiger partial charge in [-0.15, -0.1) is 0 Å². The summed E-state index contributed by atoms with van der Waals surface area (Å²) < 4.78 is 12.3. The first kappa shape index (κ1) is 24.6. The van der Waals surface area contributed by atoms with Gasteiger partial charge in [-0.25, -0.2) is 9.59 Å². The van der Waals surface area contributed by atoms with Crippen LogP contribution >= 0.6 is 0 Å². The van der Waals surface area contributed by atoms with Gasteiger partial charge in [-0.3, -0.25) is 0 Å². The zero-order chi connectivity index (χ0) is 24.8. The number of carboxylic acids is 1. The Kier molecular flexibility index (Phi) is 6.43. The fourth-order valence-corrected chi connectivity index (χ4v) is 6.40. The summed E-state index contributed by atoms with van der Waals surface area (Å²) in [4.78, 5) is 23.4. The minimum absolute atomic E-state index is 0.0930. The van der Waals surface area contributed by atoms with Crippen LogP contribution in [0.5, 0.6) is 11.5 Å². The SMILES string of the molecule is C=C1[C@@H]2Oc3cc(C(C)(C)CCCCCC)cc(OC(=O)/C=C/C(=O)O)c3[C@@H]2[C@H]2C[C@@H]1C2(C)C. The number of carboxylic acid groups (broad SMARTS) is 1. The molecule has 0 unspecified atom stereocenters. The van der Waals surface area contributed by atoms with E-state index >= 15 is 0 Å². The molecule has 3 aliphatic carbocycles. The summed E-state index contributed by atoms with van der Waals surface area (Å²) in [5.41, 5.74) is 3.16. The smallest absolute Gasteiger partial charge is 0.336 e.